The van der Waals surface area contributed by atoms with Gasteiger partial charge in [-0.25, -0.2) is 4.99 Å². The van der Waals surface area contributed by atoms with Gasteiger partial charge in [0.1, 0.15) is 6.54 Å². The van der Waals surface area contributed by atoms with Crippen LogP contribution in [0, 0.1) is 0 Å². The van der Waals surface area contributed by atoms with Gasteiger partial charge in [0.2, 0.25) is 5.91 Å². The second kappa shape index (κ2) is 11.2. The highest BCUT2D eigenvalue weighted by atomic mass is 127. The number of aliphatic imine (C=N–C) groups is 1. The first-order valence-corrected chi connectivity index (χ1v) is 7.50. The third-order valence-corrected chi connectivity index (χ3v) is 3.42. The number of nitrogens with one attached hydrogen (secondary N) is 2. The summed E-state index contributed by atoms with van der Waals surface area (Å²) < 4.78 is 0. The lowest BCUT2D eigenvalue weighted by Gasteiger charge is -2.26. The average Bonchev–Trinajstić information content (AvgIpc) is 2.45. The van der Waals surface area contributed by atoms with E-state index in [1.165, 1.54) is 6.42 Å². The van der Waals surface area contributed by atoms with Gasteiger partial charge in [0.05, 0.1) is 0 Å². The Bertz CT molecular complexity index is 304. The van der Waals surface area contributed by atoms with Crippen LogP contribution in [0.5, 0.6) is 0 Å². The molecule has 1 fully saturated rings. The van der Waals surface area contributed by atoms with Crippen molar-refractivity contribution in [1.82, 2.24) is 15.5 Å². The standard InChI is InChI=1S/C14H28N4O.HI/c1-4-12(3)17-14(15-5-2)16-11-13(19)18-9-7-6-8-10-18;/h12H,4-11H2,1-3H3,(H2,15,16,17);1H. The zero-order valence-corrected chi connectivity index (χ0v) is 15.3. The van der Waals surface area contributed by atoms with Gasteiger partial charge in [0.15, 0.2) is 5.96 Å². The number of nitrogens with zero attached hydrogens (tertiary/aromatic N) is 2. The van der Waals surface area contributed by atoms with Crippen LogP contribution in [0.2, 0.25) is 0 Å². The van der Waals surface area contributed by atoms with Crippen LogP contribution >= 0.6 is 24.0 Å². The first kappa shape index (κ1) is 19.5. The Morgan fingerprint density at radius 2 is 1.90 bits per heavy atom. The lowest BCUT2D eigenvalue weighted by atomic mass is 10.1. The van der Waals surface area contributed by atoms with Gasteiger partial charge in [0, 0.05) is 25.7 Å². The first-order chi connectivity index (χ1) is 9.17. The molecule has 0 radical (unpaired) electrons. The maximum Gasteiger partial charge on any atom is 0.244 e. The number of likely N-dealkylation sites (tertiary alicyclic amines) is 1. The summed E-state index contributed by atoms with van der Waals surface area (Å²) in [6.07, 6.45) is 4.52. The monoisotopic (exact) mass is 396 g/mol. The molecule has 0 aromatic carbocycles. The van der Waals surface area contributed by atoms with Crippen molar-refractivity contribution in [2.45, 2.75) is 52.5 Å². The summed E-state index contributed by atoms with van der Waals surface area (Å²) in [6.45, 7) is 9.10. The average molecular weight is 396 g/mol. The number of carbonyl (C=O) groups excluding carboxylic acids is 1. The van der Waals surface area contributed by atoms with E-state index in [1.54, 1.807) is 0 Å². The van der Waals surface area contributed by atoms with Gasteiger partial charge in [0.25, 0.3) is 0 Å². The second-order valence-corrected chi connectivity index (χ2v) is 5.09. The number of hydrogen-bond acceptors (Lipinski definition) is 2. The molecule has 6 heteroatoms. The number of halogens is 1. The summed E-state index contributed by atoms with van der Waals surface area (Å²) in [5, 5.41) is 6.47. The van der Waals surface area contributed by atoms with Crippen LogP contribution in [0.1, 0.15) is 46.5 Å². The van der Waals surface area contributed by atoms with Crippen molar-refractivity contribution in [1.29, 1.82) is 0 Å². The lowest BCUT2D eigenvalue weighted by Crippen LogP contribution is -2.43. The predicted molar refractivity (Wildman–Crippen MR) is 94.7 cm³/mol. The molecule has 1 unspecified atom stereocenters. The van der Waals surface area contributed by atoms with Gasteiger partial charge in [-0.3, -0.25) is 4.79 Å². The maximum atomic E-state index is 12.0. The molecule has 0 bridgehead atoms. The quantitative estimate of drug-likeness (QED) is 0.425. The summed E-state index contributed by atoms with van der Waals surface area (Å²) >= 11 is 0. The van der Waals surface area contributed by atoms with E-state index in [4.69, 9.17) is 0 Å². The molecule has 2 N–H and O–H groups in total. The largest absolute Gasteiger partial charge is 0.357 e. The molecule has 1 rings (SSSR count). The minimum atomic E-state index is 0. The fourth-order valence-corrected chi connectivity index (χ4v) is 2.05. The van der Waals surface area contributed by atoms with E-state index in [2.05, 4.69) is 29.5 Å². The van der Waals surface area contributed by atoms with Crippen LogP contribution in [0.25, 0.3) is 0 Å². The zero-order chi connectivity index (χ0) is 14.1. The minimum Gasteiger partial charge on any atom is -0.357 e. The van der Waals surface area contributed by atoms with Gasteiger partial charge in [-0.2, -0.15) is 0 Å². The molecule has 1 aliphatic heterocycles. The summed E-state index contributed by atoms with van der Waals surface area (Å²) in [5.74, 6) is 0.878. The molecule has 1 atom stereocenters. The summed E-state index contributed by atoms with van der Waals surface area (Å²) in [5.41, 5.74) is 0. The SMILES string of the molecule is CCNC(=NCC(=O)N1CCCCC1)NC(C)CC.I. The molecule has 1 saturated heterocycles. The Morgan fingerprint density at radius 1 is 1.25 bits per heavy atom. The predicted octanol–water partition coefficient (Wildman–Crippen LogP) is 1.97. The van der Waals surface area contributed by atoms with E-state index in [-0.39, 0.29) is 36.4 Å². The smallest absolute Gasteiger partial charge is 0.244 e. The molecule has 0 spiro atoms. The highest BCUT2D eigenvalue weighted by Crippen LogP contribution is 2.08. The molecule has 5 nitrogen and oxygen atoms in total. The zero-order valence-electron chi connectivity index (χ0n) is 12.9. The van der Waals surface area contributed by atoms with Gasteiger partial charge in [-0.1, -0.05) is 6.92 Å². The molecule has 1 aliphatic rings. The molecule has 0 saturated carbocycles. The molecule has 1 amide bonds. The summed E-state index contributed by atoms with van der Waals surface area (Å²) in [6, 6.07) is 0.364. The minimum absolute atomic E-state index is 0. The Balaban J connectivity index is 0.00000361. The van der Waals surface area contributed by atoms with Crippen molar-refractivity contribution in [2.75, 3.05) is 26.2 Å². The van der Waals surface area contributed by atoms with E-state index < -0.39 is 0 Å². The lowest BCUT2D eigenvalue weighted by molar-refractivity contribution is -0.130. The number of rotatable bonds is 5. The number of carbonyl (C=O) groups is 1. The van der Waals surface area contributed by atoms with Crippen LogP contribution in [-0.4, -0.2) is 49.0 Å². The number of amides is 1. The van der Waals surface area contributed by atoms with Gasteiger partial charge < -0.3 is 15.5 Å². The van der Waals surface area contributed by atoms with Crippen LogP contribution in [0.15, 0.2) is 4.99 Å². The third kappa shape index (κ3) is 7.31. The highest BCUT2D eigenvalue weighted by molar-refractivity contribution is 14.0. The fourth-order valence-electron chi connectivity index (χ4n) is 2.05. The third-order valence-electron chi connectivity index (χ3n) is 3.42. The Morgan fingerprint density at radius 3 is 2.45 bits per heavy atom. The van der Waals surface area contributed by atoms with Crippen molar-refractivity contribution in [2.24, 2.45) is 4.99 Å². The molecule has 118 valence electrons. The highest BCUT2D eigenvalue weighted by Gasteiger charge is 2.16. The molecular formula is C14H29IN4O. The van der Waals surface area contributed by atoms with E-state index >= 15 is 0 Å². The Hall–Kier alpha value is -0.530. The van der Waals surface area contributed by atoms with Crippen LogP contribution in [0.3, 0.4) is 0 Å². The fraction of sp³-hybridized carbons (Fsp3) is 0.857. The maximum absolute atomic E-state index is 12.0. The Kier molecular flexibility index (Phi) is 10.9. The molecule has 0 aromatic heterocycles. The molecule has 0 aromatic rings. The van der Waals surface area contributed by atoms with Crippen LogP contribution in [-0.2, 0) is 4.79 Å². The van der Waals surface area contributed by atoms with E-state index in [1.807, 2.05) is 11.8 Å². The normalized spacial score (nSPS) is 17.1. The molecular weight excluding hydrogens is 367 g/mol. The number of hydrogen-bond donors (Lipinski definition) is 2. The van der Waals surface area contributed by atoms with Crippen LogP contribution in [0.4, 0.5) is 0 Å². The summed E-state index contributed by atoms with van der Waals surface area (Å²) in [7, 11) is 0. The van der Waals surface area contributed by atoms with Crippen molar-refractivity contribution in [3.8, 4) is 0 Å². The van der Waals surface area contributed by atoms with Crippen LogP contribution < -0.4 is 10.6 Å². The molecule has 0 aliphatic carbocycles. The number of guanidine groups is 1. The van der Waals surface area contributed by atoms with Crippen molar-refractivity contribution in [3.63, 3.8) is 0 Å². The van der Waals surface area contributed by atoms with Gasteiger partial charge in [-0.15, -0.1) is 24.0 Å². The number of piperidine rings is 1. The summed E-state index contributed by atoms with van der Waals surface area (Å²) in [4.78, 5) is 18.3. The van der Waals surface area contributed by atoms with E-state index in [9.17, 15) is 4.79 Å². The van der Waals surface area contributed by atoms with Crippen molar-refractivity contribution >= 4 is 35.8 Å². The van der Waals surface area contributed by atoms with Gasteiger partial charge >= 0.3 is 0 Å². The van der Waals surface area contributed by atoms with E-state index in [0.29, 0.717) is 6.04 Å². The topological polar surface area (TPSA) is 56.7 Å². The second-order valence-electron chi connectivity index (χ2n) is 5.09. The Labute approximate surface area is 140 Å². The molecule has 1 heterocycles. The first-order valence-electron chi connectivity index (χ1n) is 7.50. The van der Waals surface area contributed by atoms with Crippen molar-refractivity contribution in [3.05, 3.63) is 0 Å². The van der Waals surface area contributed by atoms with Gasteiger partial charge in [-0.05, 0) is 39.5 Å². The molecule has 20 heavy (non-hydrogen) atoms. The van der Waals surface area contributed by atoms with Crippen molar-refractivity contribution < 1.29 is 4.79 Å². The van der Waals surface area contributed by atoms with E-state index in [0.717, 1.165) is 44.9 Å².